The molecule has 0 radical (unpaired) electrons. The Bertz CT molecular complexity index is 770. The predicted molar refractivity (Wildman–Crippen MR) is 110 cm³/mol. The fraction of sp³-hybridized carbons (Fsp3) is 0.222. The van der Waals surface area contributed by atoms with E-state index in [1.807, 2.05) is 6.07 Å². The number of rotatable bonds is 6. The lowest BCUT2D eigenvalue weighted by Crippen LogP contribution is -2.34. The molecule has 2 rings (SSSR count). The van der Waals surface area contributed by atoms with Gasteiger partial charge in [-0.25, -0.2) is 0 Å². The first kappa shape index (κ1) is 19.7. The summed E-state index contributed by atoms with van der Waals surface area (Å²) in [5.41, 5.74) is 1.18. The monoisotopic (exact) mass is 440 g/mol. The molecular weight excluding hydrogens is 424 g/mol. The van der Waals surface area contributed by atoms with Crippen LogP contribution in [0.1, 0.15) is 30.1 Å². The Kier molecular flexibility index (Phi) is 7.68. The van der Waals surface area contributed by atoms with Crippen molar-refractivity contribution in [2.24, 2.45) is 0 Å². The number of halogens is 2. The standard InChI is InChI=1S/C18H18BrClN2O2S/c1-2-3-9-24-16-8-7-12(10-15(16)19)17(23)22-18(25)21-14-6-4-5-13(20)11-14/h4-8,10-11H,2-3,9H2,1H3,(H2,21,22,23,25). The molecule has 2 aromatic carbocycles. The summed E-state index contributed by atoms with van der Waals surface area (Å²) in [6.07, 6.45) is 2.05. The van der Waals surface area contributed by atoms with Crippen LogP contribution in [0.4, 0.5) is 5.69 Å². The number of ether oxygens (including phenoxy) is 1. The minimum absolute atomic E-state index is 0.201. The Morgan fingerprint density at radius 3 is 2.76 bits per heavy atom. The fourth-order valence-electron chi connectivity index (χ4n) is 1.99. The lowest BCUT2D eigenvalue weighted by Gasteiger charge is -2.11. The van der Waals surface area contributed by atoms with Crippen LogP contribution in [0.15, 0.2) is 46.9 Å². The number of hydrogen-bond donors (Lipinski definition) is 2. The fourth-order valence-corrected chi connectivity index (χ4v) is 2.88. The molecule has 0 bridgehead atoms. The zero-order valence-electron chi connectivity index (χ0n) is 13.6. The van der Waals surface area contributed by atoms with Crippen molar-refractivity contribution in [2.75, 3.05) is 11.9 Å². The van der Waals surface area contributed by atoms with Crippen LogP contribution in [0.25, 0.3) is 0 Å². The van der Waals surface area contributed by atoms with Crippen molar-refractivity contribution in [1.29, 1.82) is 0 Å². The van der Waals surface area contributed by atoms with Gasteiger partial charge in [0.1, 0.15) is 5.75 Å². The van der Waals surface area contributed by atoms with E-state index < -0.39 is 0 Å². The van der Waals surface area contributed by atoms with Gasteiger partial charge in [0, 0.05) is 16.3 Å². The minimum Gasteiger partial charge on any atom is -0.492 e. The van der Waals surface area contributed by atoms with Crippen LogP contribution in [0.3, 0.4) is 0 Å². The van der Waals surface area contributed by atoms with Crippen molar-refractivity contribution >= 4 is 56.5 Å². The van der Waals surface area contributed by atoms with Crippen molar-refractivity contribution in [3.05, 3.63) is 57.5 Å². The van der Waals surface area contributed by atoms with Gasteiger partial charge >= 0.3 is 0 Å². The van der Waals surface area contributed by atoms with Crippen LogP contribution in [0.2, 0.25) is 5.02 Å². The highest BCUT2D eigenvalue weighted by Crippen LogP contribution is 2.26. The van der Waals surface area contributed by atoms with E-state index >= 15 is 0 Å². The maximum atomic E-state index is 12.3. The topological polar surface area (TPSA) is 50.4 Å². The van der Waals surface area contributed by atoms with Gasteiger partial charge in [0.05, 0.1) is 11.1 Å². The number of nitrogens with one attached hydrogen (secondary N) is 2. The molecule has 0 saturated carbocycles. The van der Waals surface area contributed by atoms with E-state index in [2.05, 4.69) is 33.5 Å². The van der Waals surface area contributed by atoms with Crippen LogP contribution in [-0.2, 0) is 0 Å². The molecule has 0 aliphatic heterocycles. The highest BCUT2D eigenvalue weighted by molar-refractivity contribution is 9.10. The summed E-state index contributed by atoms with van der Waals surface area (Å²) in [4.78, 5) is 12.3. The van der Waals surface area contributed by atoms with E-state index in [0.717, 1.165) is 17.3 Å². The first-order valence-corrected chi connectivity index (χ1v) is 9.37. The summed E-state index contributed by atoms with van der Waals surface area (Å²) in [5, 5.41) is 6.35. The van der Waals surface area contributed by atoms with Crippen LogP contribution in [0, 0.1) is 0 Å². The summed E-state index contributed by atoms with van der Waals surface area (Å²) in [6.45, 7) is 2.75. The molecule has 0 saturated heterocycles. The summed E-state index contributed by atoms with van der Waals surface area (Å²) in [5.74, 6) is 0.407. The Balaban J connectivity index is 1.95. The average molecular weight is 442 g/mol. The molecule has 25 heavy (non-hydrogen) atoms. The van der Waals surface area contributed by atoms with Gasteiger partial charge in [-0.1, -0.05) is 31.0 Å². The summed E-state index contributed by atoms with van der Waals surface area (Å²) in [7, 11) is 0. The van der Waals surface area contributed by atoms with Gasteiger partial charge in [0.15, 0.2) is 5.11 Å². The first-order valence-electron chi connectivity index (χ1n) is 7.80. The molecule has 0 fully saturated rings. The molecule has 7 heteroatoms. The molecular formula is C18H18BrClN2O2S. The highest BCUT2D eigenvalue weighted by atomic mass is 79.9. The Hall–Kier alpha value is -1.63. The first-order chi connectivity index (χ1) is 12.0. The zero-order chi connectivity index (χ0) is 18.2. The molecule has 0 spiro atoms. The third kappa shape index (κ3) is 6.30. The number of hydrogen-bond acceptors (Lipinski definition) is 3. The minimum atomic E-state index is -0.305. The normalized spacial score (nSPS) is 10.2. The van der Waals surface area contributed by atoms with Gasteiger partial charge in [-0.3, -0.25) is 10.1 Å². The van der Waals surface area contributed by atoms with Crippen molar-refractivity contribution in [3.8, 4) is 5.75 Å². The second kappa shape index (κ2) is 9.75. The summed E-state index contributed by atoms with van der Waals surface area (Å²) in [6, 6.07) is 12.3. The second-order valence-electron chi connectivity index (χ2n) is 5.27. The number of carbonyl (C=O) groups is 1. The van der Waals surface area contributed by atoms with Gasteiger partial charge in [-0.15, -0.1) is 0 Å². The third-order valence-electron chi connectivity index (χ3n) is 3.26. The Morgan fingerprint density at radius 2 is 2.08 bits per heavy atom. The van der Waals surface area contributed by atoms with Crippen LogP contribution >= 0.6 is 39.7 Å². The van der Waals surface area contributed by atoms with Crippen LogP contribution in [0.5, 0.6) is 5.75 Å². The molecule has 0 atom stereocenters. The quantitative estimate of drug-likeness (QED) is 0.465. The Morgan fingerprint density at radius 1 is 1.28 bits per heavy atom. The smallest absolute Gasteiger partial charge is 0.257 e. The van der Waals surface area contributed by atoms with E-state index in [-0.39, 0.29) is 11.0 Å². The molecule has 4 nitrogen and oxygen atoms in total. The highest BCUT2D eigenvalue weighted by Gasteiger charge is 2.11. The molecule has 1 amide bonds. The largest absolute Gasteiger partial charge is 0.492 e. The number of anilines is 1. The molecule has 0 aliphatic carbocycles. The number of unbranched alkanes of at least 4 members (excludes halogenated alkanes) is 1. The average Bonchev–Trinajstić information content (AvgIpc) is 2.56. The zero-order valence-corrected chi connectivity index (χ0v) is 16.8. The van der Waals surface area contributed by atoms with Crippen LogP contribution in [-0.4, -0.2) is 17.6 Å². The maximum Gasteiger partial charge on any atom is 0.257 e. The lowest BCUT2D eigenvalue weighted by atomic mass is 10.2. The van der Waals surface area contributed by atoms with Gasteiger partial charge in [-0.2, -0.15) is 0 Å². The number of amides is 1. The number of thiocarbonyl (C=S) groups is 1. The van der Waals surface area contributed by atoms with Crippen molar-refractivity contribution in [2.45, 2.75) is 19.8 Å². The predicted octanol–water partition coefficient (Wildman–Crippen LogP) is 5.41. The number of carbonyl (C=O) groups excluding carboxylic acids is 1. The van der Waals surface area contributed by atoms with Gasteiger partial charge in [0.25, 0.3) is 5.91 Å². The summed E-state index contributed by atoms with van der Waals surface area (Å²) < 4.78 is 6.38. The van der Waals surface area contributed by atoms with Crippen molar-refractivity contribution < 1.29 is 9.53 Å². The molecule has 2 aromatic rings. The second-order valence-corrected chi connectivity index (χ2v) is 6.96. The molecule has 132 valence electrons. The SMILES string of the molecule is CCCCOc1ccc(C(=O)NC(=S)Nc2cccc(Cl)c2)cc1Br. The van der Waals surface area contributed by atoms with E-state index in [0.29, 0.717) is 28.6 Å². The molecule has 0 unspecified atom stereocenters. The van der Waals surface area contributed by atoms with Gasteiger partial charge in [0.2, 0.25) is 0 Å². The number of benzene rings is 2. The molecule has 0 aromatic heterocycles. The molecule has 2 N–H and O–H groups in total. The summed E-state index contributed by atoms with van der Waals surface area (Å²) >= 11 is 14.5. The van der Waals surface area contributed by atoms with Crippen molar-refractivity contribution in [3.63, 3.8) is 0 Å². The van der Waals surface area contributed by atoms with Crippen molar-refractivity contribution in [1.82, 2.24) is 5.32 Å². The Labute approximate surface area is 166 Å². The lowest BCUT2D eigenvalue weighted by molar-refractivity contribution is 0.0977. The molecule has 0 aliphatic rings. The third-order valence-corrected chi connectivity index (χ3v) is 4.32. The van der Waals surface area contributed by atoms with Crippen LogP contribution < -0.4 is 15.4 Å². The van der Waals surface area contributed by atoms with Gasteiger partial charge < -0.3 is 10.1 Å². The van der Waals surface area contributed by atoms with E-state index in [4.69, 9.17) is 28.6 Å². The van der Waals surface area contributed by atoms with E-state index in [1.165, 1.54) is 0 Å². The van der Waals surface area contributed by atoms with E-state index in [9.17, 15) is 4.79 Å². The molecule has 0 heterocycles. The van der Waals surface area contributed by atoms with Gasteiger partial charge in [-0.05, 0) is 71.0 Å². The maximum absolute atomic E-state index is 12.3. The van der Waals surface area contributed by atoms with E-state index in [1.54, 1.807) is 36.4 Å².